The Morgan fingerprint density at radius 2 is 1.94 bits per heavy atom. The Morgan fingerprint density at radius 3 is 2.50 bits per heavy atom. The fraction of sp³-hybridized carbons (Fsp3) is 0.333. The first kappa shape index (κ1) is 12.2. The first-order valence-corrected chi connectivity index (χ1v) is 5.08. The van der Waals surface area contributed by atoms with Gasteiger partial charge >= 0.3 is 5.97 Å². The Bertz CT molecular complexity index is 362. The molecule has 1 aromatic carbocycles. The van der Waals surface area contributed by atoms with E-state index in [1.165, 1.54) is 0 Å². The van der Waals surface area contributed by atoms with Gasteiger partial charge in [-0.05, 0) is 11.5 Å². The van der Waals surface area contributed by atoms with E-state index in [2.05, 4.69) is 4.74 Å². The zero-order valence-electron chi connectivity index (χ0n) is 9.18. The van der Waals surface area contributed by atoms with Crippen LogP contribution in [0, 0.1) is 0 Å². The molecule has 1 atom stereocenters. The Morgan fingerprint density at radius 1 is 1.31 bits per heavy atom. The van der Waals surface area contributed by atoms with Gasteiger partial charge in [0.25, 0.3) is 5.91 Å². The minimum absolute atomic E-state index is 0.0709. The summed E-state index contributed by atoms with van der Waals surface area (Å²) in [6.45, 7) is 1.58. The van der Waals surface area contributed by atoms with Crippen LogP contribution >= 0.6 is 0 Å². The van der Waals surface area contributed by atoms with E-state index in [1.54, 1.807) is 0 Å². The third-order valence-electron chi connectivity index (χ3n) is 2.22. The number of esters is 1. The predicted octanol–water partition coefficient (Wildman–Crippen LogP) is 1.21. The molecule has 0 bridgehead atoms. The molecule has 1 rings (SSSR count). The number of hydrogen-bond donors (Lipinski definition) is 1. The van der Waals surface area contributed by atoms with Crippen LogP contribution in [0.3, 0.4) is 0 Å². The summed E-state index contributed by atoms with van der Waals surface area (Å²) in [6.07, 6.45) is 0.247. The lowest BCUT2D eigenvalue weighted by atomic mass is 9.98. The van der Waals surface area contributed by atoms with Gasteiger partial charge in [0.05, 0.1) is 6.42 Å². The SMILES string of the molecule is C[C@H](CC(=O)OCC(N)=O)c1ccccc1. The summed E-state index contributed by atoms with van der Waals surface area (Å²) in [7, 11) is 0. The zero-order chi connectivity index (χ0) is 12.0. The van der Waals surface area contributed by atoms with E-state index in [0.29, 0.717) is 0 Å². The topological polar surface area (TPSA) is 69.4 Å². The molecule has 0 fully saturated rings. The number of amides is 1. The van der Waals surface area contributed by atoms with Crippen LogP contribution in [0.4, 0.5) is 0 Å². The second-order valence-electron chi connectivity index (χ2n) is 3.64. The number of carbonyl (C=O) groups is 2. The highest BCUT2D eigenvalue weighted by Gasteiger charge is 2.12. The van der Waals surface area contributed by atoms with Crippen LogP contribution < -0.4 is 5.73 Å². The van der Waals surface area contributed by atoms with E-state index < -0.39 is 11.9 Å². The van der Waals surface area contributed by atoms with Crippen molar-refractivity contribution in [3.8, 4) is 0 Å². The molecule has 0 radical (unpaired) electrons. The van der Waals surface area contributed by atoms with Crippen molar-refractivity contribution < 1.29 is 14.3 Å². The lowest BCUT2D eigenvalue weighted by Crippen LogP contribution is -2.21. The molecule has 0 aliphatic carbocycles. The molecular formula is C12H15NO3. The molecule has 16 heavy (non-hydrogen) atoms. The second-order valence-corrected chi connectivity index (χ2v) is 3.64. The Balaban J connectivity index is 2.43. The number of hydrogen-bond acceptors (Lipinski definition) is 3. The second kappa shape index (κ2) is 5.90. The number of primary amides is 1. The molecule has 0 aliphatic heterocycles. The Labute approximate surface area is 94.4 Å². The summed E-state index contributed by atoms with van der Waals surface area (Å²) < 4.78 is 4.68. The fourth-order valence-electron chi connectivity index (χ4n) is 1.36. The van der Waals surface area contributed by atoms with Crippen molar-refractivity contribution in [2.24, 2.45) is 5.73 Å². The van der Waals surface area contributed by atoms with Crippen molar-refractivity contribution in [2.75, 3.05) is 6.61 Å². The van der Waals surface area contributed by atoms with Crippen molar-refractivity contribution in [2.45, 2.75) is 19.3 Å². The summed E-state index contributed by atoms with van der Waals surface area (Å²) in [4.78, 5) is 21.7. The molecule has 4 nitrogen and oxygen atoms in total. The van der Waals surface area contributed by atoms with E-state index in [-0.39, 0.29) is 18.9 Å². The van der Waals surface area contributed by atoms with Crippen LogP contribution in [-0.2, 0) is 14.3 Å². The number of benzene rings is 1. The van der Waals surface area contributed by atoms with Gasteiger partial charge < -0.3 is 10.5 Å². The highest BCUT2D eigenvalue weighted by atomic mass is 16.5. The van der Waals surface area contributed by atoms with Crippen LogP contribution in [0.5, 0.6) is 0 Å². The van der Waals surface area contributed by atoms with Crippen LogP contribution in [0.25, 0.3) is 0 Å². The van der Waals surface area contributed by atoms with Gasteiger partial charge in [-0.25, -0.2) is 0 Å². The molecule has 0 saturated heterocycles. The average Bonchev–Trinajstić information content (AvgIpc) is 2.27. The van der Waals surface area contributed by atoms with Gasteiger partial charge in [0.2, 0.25) is 0 Å². The Hall–Kier alpha value is -1.84. The van der Waals surface area contributed by atoms with Gasteiger partial charge in [0, 0.05) is 0 Å². The number of nitrogens with two attached hydrogens (primary N) is 1. The number of rotatable bonds is 5. The third-order valence-corrected chi connectivity index (χ3v) is 2.22. The number of carbonyl (C=O) groups excluding carboxylic acids is 2. The quantitative estimate of drug-likeness (QED) is 0.760. The molecule has 0 unspecified atom stereocenters. The van der Waals surface area contributed by atoms with Gasteiger partial charge in [0.1, 0.15) is 0 Å². The molecule has 0 spiro atoms. The lowest BCUT2D eigenvalue weighted by Gasteiger charge is -2.10. The van der Waals surface area contributed by atoms with Gasteiger partial charge in [0.15, 0.2) is 6.61 Å². The minimum atomic E-state index is -0.638. The maximum absolute atomic E-state index is 11.3. The van der Waals surface area contributed by atoms with Crippen molar-refractivity contribution in [1.29, 1.82) is 0 Å². The number of ether oxygens (including phenoxy) is 1. The van der Waals surface area contributed by atoms with Crippen molar-refractivity contribution in [1.82, 2.24) is 0 Å². The summed E-state index contributed by atoms with van der Waals surface area (Å²) in [5, 5.41) is 0. The smallest absolute Gasteiger partial charge is 0.306 e. The maximum Gasteiger partial charge on any atom is 0.306 e. The largest absolute Gasteiger partial charge is 0.456 e. The molecular weight excluding hydrogens is 206 g/mol. The zero-order valence-corrected chi connectivity index (χ0v) is 9.18. The van der Waals surface area contributed by atoms with E-state index in [9.17, 15) is 9.59 Å². The molecule has 0 aromatic heterocycles. The molecule has 2 N–H and O–H groups in total. The lowest BCUT2D eigenvalue weighted by molar-refractivity contribution is -0.148. The Kier molecular flexibility index (Phi) is 4.51. The van der Waals surface area contributed by atoms with Gasteiger partial charge in [-0.15, -0.1) is 0 Å². The maximum atomic E-state index is 11.3. The predicted molar refractivity (Wildman–Crippen MR) is 59.6 cm³/mol. The van der Waals surface area contributed by atoms with Crippen LogP contribution in [0.1, 0.15) is 24.8 Å². The van der Waals surface area contributed by atoms with Gasteiger partial charge in [-0.1, -0.05) is 37.3 Å². The highest BCUT2D eigenvalue weighted by Crippen LogP contribution is 2.18. The fourth-order valence-corrected chi connectivity index (χ4v) is 1.36. The molecule has 86 valence electrons. The third kappa shape index (κ3) is 4.13. The van der Waals surface area contributed by atoms with E-state index in [0.717, 1.165) is 5.56 Å². The standard InChI is InChI=1S/C12H15NO3/c1-9(10-5-3-2-4-6-10)7-12(15)16-8-11(13)14/h2-6,9H,7-8H2,1H3,(H2,13,14)/t9-/m1/s1. The summed E-state index contributed by atoms with van der Waals surface area (Å²) >= 11 is 0. The van der Waals surface area contributed by atoms with Gasteiger partial charge in [-0.2, -0.15) is 0 Å². The molecule has 0 saturated carbocycles. The molecule has 1 aromatic rings. The summed E-state index contributed by atoms with van der Waals surface area (Å²) in [6, 6.07) is 9.65. The first-order chi connectivity index (χ1) is 7.59. The van der Waals surface area contributed by atoms with Crippen LogP contribution in [0.2, 0.25) is 0 Å². The molecule has 4 heteroatoms. The van der Waals surface area contributed by atoms with Crippen molar-refractivity contribution in [3.05, 3.63) is 35.9 Å². The highest BCUT2D eigenvalue weighted by molar-refractivity contribution is 5.79. The van der Waals surface area contributed by atoms with Crippen molar-refractivity contribution in [3.63, 3.8) is 0 Å². The molecule has 1 amide bonds. The average molecular weight is 221 g/mol. The van der Waals surface area contributed by atoms with E-state index >= 15 is 0 Å². The van der Waals surface area contributed by atoms with Crippen LogP contribution in [0.15, 0.2) is 30.3 Å². The monoisotopic (exact) mass is 221 g/mol. The van der Waals surface area contributed by atoms with E-state index in [1.807, 2.05) is 37.3 Å². The first-order valence-electron chi connectivity index (χ1n) is 5.08. The minimum Gasteiger partial charge on any atom is -0.456 e. The van der Waals surface area contributed by atoms with Gasteiger partial charge in [-0.3, -0.25) is 9.59 Å². The normalized spacial score (nSPS) is 11.8. The summed E-state index contributed by atoms with van der Waals surface area (Å²) in [5.41, 5.74) is 5.93. The molecule has 0 heterocycles. The molecule has 0 aliphatic rings. The van der Waals surface area contributed by atoms with E-state index in [4.69, 9.17) is 5.73 Å². The van der Waals surface area contributed by atoms with Crippen LogP contribution in [-0.4, -0.2) is 18.5 Å². The van der Waals surface area contributed by atoms with Crippen molar-refractivity contribution >= 4 is 11.9 Å². The summed E-state index contributed by atoms with van der Waals surface area (Å²) in [5.74, 6) is -0.975.